The number of pyridine rings is 1. The maximum atomic E-state index is 12.3. The molecule has 2 rings (SSSR count). The molecule has 0 bridgehead atoms. The molecule has 7 heteroatoms. The first kappa shape index (κ1) is 14.2. The molecule has 0 radical (unpaired) electrons. The molecule has 0 saturated carbocycles. The number of rotatable bonds is 3. The van der Waals surface area contributed by atoms with E-state index < -0.39 is 0 Å². The Bertz CT molecular complexity index is 615. The van der Waals surface area contributed by atoms with Crippen molar-refractivity contribution in [1.82, 2.24) is 14.9 Å². The topological polar surface area (TPSA) is 46.1 Å². The van der Waals surface area contributed by atoms with Gasteiger partial charge in [0, 0.05) is 24.3 Å². The lowest BCUT2D eigenvalue weighted by atomic mass is 10.2. The molecule has 2 heterocycles. The zero-order chi connectivity index (χ0) is 14.0. The summed E-state index contributed by atoms with van der Waals surface area (Å²) in [4.78, 5) is 22.8. The van der Waals surface area contributed by atoms with Crippen molar-refractivity contribution in [3.63, 3.8) is 0 Å². The van der Waals surface area contributed by atoms with Crippen LogP contribution in [0.4, 0.5) is 0 Å². The molecule has 100 valence electrons. The lowest BCUT2D eigenvalue weighted by Gasteiger charge is -2.16. The van der Waals surface area contributed by atoms with Crippen LogP contribution in [0.3, 0.4) is 0 Å². The summed E-state index contributed by atoms with van der Waals surface area (Å²) in [5.41, 5.74) is 0.352. The molecular formula is C12H11Cl2N3OS. The first-order valence-corrected chi connectivity index (χ1v) is 7.02. The van der Waals surface area contributed by atoms with Gasteiger partial charge in [0.2, 0.25) is 0 Å². The highest BCUT2D eigenvalue weighted by Crippen LogP contribution is 2.21. The summed E-state index contributed by atoms with van der Waals surface area (Å²) < 4.78 is 0. The second-order valence-corrected chi connectivity index (χ2v) is 6.11. The number of carbonyl (C=O) groups is 1. The molecule has 0 N–H and O–H groups in total. The molecule has 0 fully saturated rings. The third kappa shape index (κ3) is 3.43. The quantitative estimate of drug-likeness (QED) is 0.815. The first-order valence-electron chi connectivity index (χ1n) is 5.45. The molecule has 0 aromatic carbocycles. The maximum absolute atomic E-state index is 12.3. The molecule has 0 aliphatic heterocycles. The van der Waals surface area contributed by atoms with Crippen LogP contribution in [0.25, 0.3) is 0 Å². The van der Waals surface area contributed by atoms with E-state index in [-0.39, 0.29) is 11.1 Å². The predicted molar refractivity (Wildman–Crippen MR) is 76.9 cm³/mol. The highest BCUT2D eigenvalue weighted by Gasteiger charge is 2.17. The Morgan fingerprint density at radius 1 is 1.37 bits per heavy atom. The van der Waals surface area contributed by atoms with Crippen molar-refractivity contribution in [1.29, 1.82) is 0 Å². The van der Waals surface area contributed by atoms with E-state index in [1.165, 1.54) is 12.3 Å². The van der Waals surface area contributed by atoms with Crippen LogP contribution in [0.5, 0.6) is 0 Å². The largest absolute Gasteiger partial charge is 0.336 e. The monoisotopic (exact) mass is 315 g/mol. The van der Waals surface area contributed by atoms with E-state index in [1.54, 1.807) is 29.5 Å². The summed E-state index contributed by atoms with van der Waals surface area (Å²) in [7, 11) is 1.71. The number of aryl methyl sites for hydroxylation is 1. The van der Waals surface area contributed by atoms with Crippen molar-refractivity contribution in [2.75, 3.05) is 7.05 Å². The average molecular weight is 316 g/mol. The highest BCUT2D eigenvalue weighted by molar-refractivity contribution is 7.11. The van der Waals surface area contributed by atoms with Gasteiger partial charge in [0.05, 0.1) is 22.1 Å². The molecule has 0 saturated heterocycles. The summed E-state index contributed by atoms with van der Waals surface area (Å²) in [5, 5.41) is 1.51. The number of amides is 1. The fraction of sp³-hybridized carbons (Fsp3) is 0.250. The Balaban J connectivity index is 2.16. The Labute approximate surface area is 125 Å². The smallest absolute Gasteiger partial charge is 0.255 e. The minimum Gasteiger partial charge on any atom is -0.336 e. The molecule has 1 amide bonds. The summed E-state index contributed by atoms with van der Waals surface area (Å²) in [5.74, 6) is -0.194. The Kier molecular flexibility index (Phi) is 4.39. The van der Waals surface area contributed by atoms with Gasteiger partial charge in [-0.3, -0.25) is 4.79 Å². The van der Waals surface area contributed by atoms with Crippen LogP contribution in [0.1, 0.15) is 20.2 Å². The molecule has 2 aromatic heterocycles. The van der Waals surface area contributed by atoms with Crippen molar-refractivity contribution in [3.8, 4) is 0 Å². The standard InChI is InChI=1S/C12H11Cl2N3OS/c1-7-15-4-8(19-7)6-17(2)12(18)9-3-11(14)16-5-10(9)13/h3-5H,6H2,1-2H3. The molecule has 19 heavy (non-hydrogen) atoms. The van der Waals surface area contributed by atoms with E-state index in [2.05, 4.69) is 9.97 Å². The number of thiazole rings is 1. The van der Waals surface area contributed by atoms with Gasteiger partial charge in [0.15, 0.2) is 0 Å². The zero-order valence-corrected chi connectivity index (χ0v) is 12.7. The van der Waals surface area contributed by atoms with Gasteiger partial charge in [-0.15, -0.1) is 11.3 Å². The van der Waals surface area contributed by atoms with Gasteiger partial charge in [-0.05, 0) is 13.0 Å². The van der Waals surface area contributed by atoms with E-state index >= 15 is 0 Å². The summed E-state index contributed by atoms with van der Waals surface area (Å²) in [6, 6.07) is 1.47. The van der Waals surface area contributed by atoms with Gasteiger partial charge in [-0.25, -0.2) is 9.97 Å². The minimum absolute atomic E-state index is 0.194. The molecular weight excluding hydrogens is 305 g/mol. The number of carbonyl (C=O) groups excluding carboxylic acids is 1. The van der Waals surface area contributed by atoms with Crippen molar-refractivity contribution >= 4 is 40.4 Å². The van der Waals surface area contributed by atoms with Crippen LogP contribution in [0.2, 0.25) is 10.2 Å². The van der Waals surface area contributed by atoms with Crippen LogP contribution in [-0.4, -0.2) is 27.8 Å². The van der Waals surface area contributed by atoms with Gasteiger partial charge in [0.25, 0.3) is 5.91 Å². The Hall–Kier alpha value is -1.17. The lowest BCUT2D eigenvalue weighted by molar-refractivity contribution is 0.0786. The summed E-state index contributed by atoms with van der Waals surface area (Å²) >= 11 is 13.3. The lowest BCUT2D eigenvalue weighted by Crippen LogP contribution is -2.26. The Morgan fingerprint density at radius 3 is 2.74 bits per heavy atom. The molecule has 0 unspecified atom stereocenters. The SMILES string of the molecule is Cc1ncc(CN(C)C(=O)c2cc(Cl)ncc2Cl)s1. The van der Waals surface area contributed by atoms with Gasteiger partial charge >= 0.3 is 0 Å². The molecule has 0 aliphatic carbocycles. The van der Waals surface area contributed by atoms with Crippen molar-refractivity contribution in [2.45, 2.75) is 13.5 Å². The van der Waals surface area contributed by atoms with Crippen LogP contribution < -0.4 is 0 Å². The fourth-order valence-electron chi connectivity index (χ4n) is 1.57. The second-order valence-electron chi connectivity index (χ2n) is 3.99. The summed E-state index contributed by atoms with van der Waals surface area (Å²) in [6.07, 6.45) is 3.15. The van der Waals surface area contributed by atoms with Crippen molar-refractivity contribution in [2.24, 2.45) is 0 Å². The second kappa shape index (κ2) is 5.86. The minimum atomic E-state index is -0.194. The van der Waals surface area contributed by atoms with Gasteiger partial charge in [-0.2, -0.15) is 0 Å². The number of nitrogens with zero attached hydrogens (tertiary/aromatic N) is 3. The van der Waals surface area contributed by atoms with Gasteiger partial charge in [-0.1, -0.05) is 23.2 Å². The predicted octanol–water partition coefficient (Wildman–Crippen LogP) is 3.43. The third-order valence-corrected chi connectivity index (χ3v) is 3.87. The fourth-order valence-corrected chi connectivity index (χ4v) is 2.76. The van der Waals surface area contributed by atoms with Crippen molar-refractivity contribution in [3.05, 3.63) is 44.1 Å². The van der Waals surface area contributed by atoms with Crippen molar-refractivity contribution < 1.29 is 4.79 Å². The molecule has 4 nitrogen and oxygen atoms in total. The van der Waals surface area contributed by atoms with E-state index in [0.717, 1.165) is 9.88 Å². The van der Waals surface area contributed by atoms with E-state index in [1.807, 2.05) is 6.92 Å². The van der Waals surface area contributed by atoms with Crippen LogP contribution in [0, 0.1) is 6.92 Å². The maximum Gasteiger partial charge on any atom is 0.255 e. The Morgan fingerprint density at radius 2 is 2.11 bits per heavy atom. The molecule has 0 spiro atoms. The number of hydrogen-bond acceptors (Lipinski definition) is 4. The normalized spacial score (nSPS) is 10.5. The van der Waals surface area contributed by atoms with E-state index in [9.17, 15) is 4.79 Å². The van der Waals surface area contributed by atoms with E-state index in [0.29, 0.717) is 17.1 Å². The molecule has 0 aliphatic rings. The van der Waals surface area contributed by atoms with E-state index in [4.69, 9.17) is 23.2 Å². The van der Waals surface area contributed by atoms with Crippen LogP contribution in [-0.2, 0) is 6.54 Å². The number of hydrogen-bond donors (Lipinski definition) is 0. The van der Waals surface area contributed by atoms with Crippen LogP contribution >= 0.6 is 34.5 Å². The van der Waals surface area contributed by atoms with Gasteiger partial charge < -0.3 is 4.90 Å². The highest BCUT2D eigenvalue weighted by atomic mass is 35.5. The first-order chi connectivity index (χ1) is 8.97. The number of halogens is 2. The van der Waals surface area contributed by atoms with Crippen LogP contribution in [0.15, 0.2) is 18.5 Å². The number of aromatic nitrogens is 2. The average Bonchev–Trinajstić information content (AvgIpc) is 2.77. The summed E-state index contributed by atoms with van der Waals surface area (Å²) in [6.45, 7) is 2.41. The molecule has 2 aromatic rings. The third-order valence-electron chi connectivity index (χ3n) is 2.46. The molecule has 0 atom stereocenters. The zero-order valence-electron chi connectivity index (χ0n) is 10.4. The van der Waals surface area contributed by atoms with Gasteiger partial charge in [0.1, 0.15) is 5.15 Å².